The second kappa shape index (κ2) is 11.8. The summed E-state index contributed by atoms with van der Waals surface area (Å²) in [4.78, 5) is 5.83. The van der Waals surface area contributed by atoms with Gasteiger partial charge in [-0.15, -0.1) is 0 Å². The number of aryl methyl sites for hydroxylation is 1. The number of methoxy groups -OCH3 is 1. The van der Waals surface area contributed by atoms with Crippen molar-refractivity contribution < 1.29 is 26.8 Å². The number of anilines is 1. The van der Waals surface area contributed by atoms with Gasteiger partial charge < -0.3 is 18.4 Å². The summed E-state index contributed by atoms with van der Waals surface area (Å²) in [6, 6.07) is 12.3. The number of ether oxygens (including phenoxy) is 2. The molecule has 40 heavy (non-hydrogen) atoms. The Morgan fingerprint density at radius 3 is 2.50 bits per heavy atom. The molecule has 5 rings (SSSR count). The van der Waals surface area contributed by atoms with Crippen LogP contribution in [0.2, 0.25) is 0 Å². The fraction of sp³-hybridized carbons (Fsp3) is 0.259. The van der Waals surface area contributed by atoms with Gasteiger partial charge in [0.2, 0.25) is 11.8 Å². The number of oxazole rings is 1. The summed E-state index contributed by atoms with van der Waals surface area (Å²) in [7, 11) is -2.65. The summed E-state index contributed by atoms with van der Waals surface area (Å²) >= 11 is 0. The van der Waals surface area contributed by atoms with E-state index in [1.807, 2.05) is 18.2 Å². The average molecular weight is 565 g/mol. The number of nitrogens with zero attached hydrogens (tertiary/aromatic N) is 6. The maximum atomic E-state index is 14.3. The molecule has 0 amide bonds. The van der Waals surface area contributed by atoms with Gasteiger partial charge in [-0.2, -0.15) is 15.0 Å². The third-order valence-electron chi connectivity index (χ3n) is 6.31. The highest BCUT2D eigenvalue weighted by molar-refractivity contribution is 7.93. The molecule has 3 aromatic heterocycles. The molecule has 0 atom stereocenters. The first-order valence-electron chi connectivity index (χ1n) is 12.4. The predicted octanol–water partition coefficient (Wildman–Crippen LogP) is 4.07. The normalized spacial score (nSPS) is 11.7. The molecule has 5 aromatic rings. The molecular formula is C27H28N6O6S. The van der Waals surface area contributed by atoms with Crippen LogP contribution in [-0.4, -0.2) is 60.6 Å². The van der Waals surface area contributed by atoms with Crippen molar-refractivity contribution in [2.75, 3.05) is 31.4 Å². The standard InChI is InChI=1S/C27H28N6O6S/c1-19-20(2)31-39-27(19)32(18-37-15-14-36-3)40(34,35)25-7-5-4-6-24(25)23-9-8-21(26-28-12-13-38-26)16-22(23)17-33-29-10-11-30-33/h4-13,16H,14-15,17-18H2,1-3H3. The molecule has 208 valence electrons. The van der Waals surface area contributed by atoms with Crippen LogP contribution in [0.3, 0.4) is 0 Å². The summed E-state index contributed by atoms with van der Waals surface area (Å²) in [6.45, 7) is 4.00. The summed E-state index contributed by atoms with van der Waals surface area (Å²) in [6.07, 6.45) is 6.23. The van der Waals surface area contributed by atoms with Crippen LogP contribution in [0.5, 0.6) is 0 Å². The van der Waals surface area contributed by atoms with E-state index in [1.54, 1.807) is 63.8 Å². The lowest BCUT2D eigenvalue weighted by atomic mass is 9.97. The van der Waals surface area contributed by atoms with E-state index in [0.29, 0.717) is 34.9 Å². The van der Waals surface area contributed by atoms with Gasteiger partial charge in [0.1, 0.15) is 13.0 Å². The van der Waals surface area contributed by atoms with Gasteiger partial charge in [0.05, 0.1) is 48.9 Å². The summed E-state index contributed by atoms with van der Waals surface area (Å²) in [5.74, 6) is 0.530. The van der Waals surface area contributed by atoms with Crippen LogP contribution >= 0.6 is 0 Å². The zero-order chi connectivity index (χ0) is 28.1. The zero-order valence-electron chi connectivity index (χ0n) is 22.2. The molecule has 0 spiro atoms. The van der Waals surface area contributed by atoms with Crippen molar-refractivity contribution in [3.63, 3.8) is 0 Å². The van der Waals surface area contributed by atoms with Gasteiger partial charge in [-0.1, -0.05) is 29.4 Å². The molecule has 0 unspecified atom stereocenters. The Labute approximate surface area is 231 Å². The predicted molar refractivity (Wildman–Crippen MR) is 145 cm³/mol. The van der Waals surface area contributed by atoms with E-state index >= 15 is 0 Å². The molecule has 13 heteroatoms. The average Bonchev–Trinajstić information content (AvgIpc) is 3.74. The minimum atomic E-state index is -4.20. The van der Waals surface area contributed by atoms with Crippen molar-refractivity contribution in [2.24, 2.45) is 0 Å². The minimum absolute atomic E-state index is 0.0670. The molecule has 0 aliphatic heterocycles. The van der Waals surface area contributed by atoms with Gasteiger partial charge >= 0.3 is 0 Å². The second-order valence-electron chi connectivity index (χ2n) is 8.85. The van der Waals surface area contributed by atoms with Gasteiger partial charge in [0.25, 0.3) is 10.0 Å². The summed E-state index contributed by atoms with van der Waals surface area (Å²) in [5.41, 5.74) is 3.84. The third kappa shape index (κ3) is 5.52. The molecule has 0 radical (unpaired) electrons. The van der Waals surface area contributed by atoms with E-state index < -0.39 is 10.0 Å². The smallest absolute Gasteiger partial charge is 0.269 e. The van der Waals surface area contributed by atoms with Gasteiger partial charge in [-0.05, 0) is 43.2 Å². The van der Waals surface area contributed by atoms with E-state index in [4.69, 9.17) is 18.4 Å². The zero-order valence-corrected chi connectivity index (χ0v) is 23.0. The van der Waals surface area contributed by atoms with Crippen molar-refractivity contribution in [3.8, 4) is 22.6 Å². The van der Waals surface area contributed by atoms with E-state index in [9.17, 15) is 8.42 Å². The highest BCUT2D eigenvalue weighted by Gasteiger charge is 2.32. The van der Waals surface area contributed by atoms with E-state index in [1.165, 1.54) is 11.1 Å². The van der Waals surface area contributed by atoms with Crippen LogP contribution in [-0.2, 0) is 26.0 Å². The molecule has 0 saturated carbocycles. The van der Waals surface area contributed by atoms with Crippen molar-refractivity contribution in [3.05, 3.63) is 84.1 Å². The van der Waals surface area contributed by atoms with E-state index in [2.05, 4.69) is 20.3 Å². The SMILES string of the molecule is COCCOCN(c1onc(C)c1C)S(=O)(=O)c1ccccc1-c1ccc(-c2ncco2)cc1Cn1nccn1. The Hall–Kier alpha value is -4.33. The van der Waals surface area contributed by atoms with Crippen molar-refractivity contribution in [1.82, 2.24) is 25.1 Å². The van der Waals surface area contributed by atoms with Gasteiger partial charge in [-0.3, -0.25) is 0 Å². The lowest BCUT2D eigenvalue weighted by Gasteiger charge is -2.24. The van der Waals surface area contributed by atoms with Crippen LogP contribution in [0, 0.1) is 13.8 Å². The van der Waals surface area contributed by atoms with Crippen LogP contribution in [0.15, 0.2) is 81.2 Å². The number of aromatic nitrogens is 5. The second-order valence-corrected chi connectivity index (χ2v) is 10.7. The van der Waals surface area contributed by atoms with Crippen LogP contribution in [0.25, 0.3) is 22.6 Å². The number of hydrogen-bond donors (Lipinski definition) is 0. The van der Waals surface area contributed by atoms with Crippen molar-refractivity contribution >= 4 is 15.9 Å². The molecule has 0 N–H and O–H groups in total. The van der Waals surface area contributed by atoms with Gasteiger partial charge in [0, 0.05) is 23.8 Å². The molecule has 3 heterocycles. The first kappa shape index (κ1) is 27.2. The van der Waals surface area contributed by atoms with Crippen LogP contribution in [0.4, 0.5) is 5.88 Å². The molecule has 2 aromatic carbocycles. The molecule has 0 saturated heterocycles. The Morgan fingerprint density at radius 1 is 1.00 bits per heavy atom. The molecule has 12 nitrogen and oxygen atoms in total. The Kier molecular flexibility index (Phi) is 8.05. The number of hydrogen-bond acceptors (Lipinski definition) is 10. The molecular weight excluding hydrogens is 536 g/mol. The Bertz CT molecular complexity index is 1670. The number of benzene rings is 2. The molecule has 0 aliphatic rings. The topological polar surface area (TPSA) is 139 Å². The Balaban J connectivity index is 1.62. The van der Waals surface area contributed by atoms with Crippen LogP contribution in [0.1, 0.15) is 16.8 Å². The largest absolute Gasteiger partial charge is 0.445 e. The quantitative estimate of drug-likeness (QED) is 0.161. The first-order chi connectivity index (χ1) is 19.4. The number of sulfonamides is 1. The van der Waals surface area contributed by atoms with Gasteiger partial charge in [0.15, 0.2) is 0 Å². The lowest BCUT2D eigenvalue weighted by molar-refractivity contribution is 0.0744. The maximum absolute atomic E-state index is 14.3. The highest BCUT2D eigenvalue weighted by atomic mass is 32.2. The molecule has 0 aliphatic carbocycles. The van der Waals surface area contributed by atoms with Crippen molar-refractivity contribution in [1.29, 1.82) is 0 Å². The lowest BCUT2D eigenvalue weighted by Crippen LogP contribution is -2.34. The molecule has 0 bridgehead atoms. The number of rotatable bonds is 12. The fourth-order valence-electron chi connectivity index (χ4n) is 4.16. The maximum Gasteiger partial charge on any atom is 0.269 e. The highest BCUT2D eigenvalue weighted by Crippen LogP contribution is 2.36. The Morgan fingerprint density at radius 2 is 1.80 bits per heavy atom. The van der Waals surface area contributed by atoms with Gasteiger partial charge in [-0.25, -0.2) is 17.7 Å². The van der Waals surface area contributed by atoms with Crippen LogP contribution < -0.4 is 4.31 Å². The summed E-state index contributed by atoms with van der Waals surface area (Å²) in [5, 5.41) is 12.4. The van der Waals surface area contributed by atoms with E-state index in [-0.39, 0.29) is 30.7 Å². The summed E-state index contributed by atoms with van der Waals surface area (Å²) < 4.78 is 51.4. The van der Waals surface area contributed by atoms with Crippen molar-refractivity contribution in [2.45, 2.75) is 25.3 Å². The van der Waals surface area contributed by atoms with E-state index in [0.717, 1.165) is 15.4 Å². The fourth-order valence-corrected chi connectivity index (χ4v) is 5.71. The third-order valence-corrected chi connectivity index (χ3v) is 8.07. The molecule has 0 fully saturated rings. The first-order valence-corrected chi connectivity index (χ1v) is 13.8. The minimum Gasteiger partial charge on any atom is -0.445 e. The monoisotopic (exact) mass is 564 g/mol.